The third-order valence-electron chi connectivity index (χ3n) is 6.46. The largest absolute Gasteiger partial charge is 0.493 e. The van der Waals surface area contributed by atoms with Crippen molar-refractivity contribution in [3.05, 3.63) is 63.1 Å². The van der Waals surface area contributed by atoms with E-state index in [1.165, 1.54) is 24.3 Å². The van der Waals surface area contributed by atoms with Crippen LogP contribution in [0.2, 0.25) is 0 Å². The normalized spacial score (nSPS) is 18.3. The highest BCUT2D eigenvalue weighted by atomic mass is 32.2. The maximum absolute atomic E-state index is 16.0. The molecule has 1 fully saturated rings. The van der Waals surface area contributed by atoms with Gasteiger partial charge >= 0.3 is 0 Å². The fourth-order valence-corrected chi connectivity index (χ4v) is 5.32. The van der Waals surface area contributed by atoms with E-state index in [9.17, 15) is 9.59 Å². The number of hydrogen-bond acceptors (Lipinski definition) is 4. The molecule has 2 aromatic rings. The summed E-state index contributed by atoms with van der Waals surface area (Å²) < 4.78 is 36.4. The lowest BCUT2D eigenvalue weighted by molar-refractivity contribution is -0.115. The lowest BCUT2D eigenvalue weighted by Gasteiger charge is -2.34. The number of methoxy groups -OCH3 is 1. The Labute approximate surface area is 202 Å². The molecule has 7 heteroatoms. The quantitative estimate of drug-likeness (QED) is 0.476. The summed E-state index contributed by atoms with van der Waals surface area (Å²) in [5.41, 5.74) is 4.47. The summed E-state index contributed by atoms with van der Waals surface area (Å²) in [4.78, 5) is 23.5. The van der Waals surface area contributed by atoms with Crippen LogP contribution in [0.3, 0.4) is 0 Å². The van der Waals surface area contributed by atoms with Crippen LogP contribution in [0.5, 0.6) is 5.75 Å². The van der Waals surface area contributed by atoms with E-state index in [1.807, 2.05) is 13.0 Å². The van der Waals surface area contributed by atoms with Crippen molar-refractivity contribution in [2.45, 2.75) is 46.5 Å². The van der Waals surface area contributed by atoms with Gasteiger partial charge < -0.3 is 4.74 Å². The average molecular weight is 484 g/mol. The second-order valence-corrected chi connectivity index (χ2v) is 10.7. The minimum Gasteiger partial charge on any atom is -0.493 e. The number of hydrogen-bond donors (Lipinski definition) is 1. The molecule has 1 N–H and O–H groups in total. The molecular weight excluding hydrogens is 456 g/mol. The van der Waals surface area contributed by atoms with Crippen molar-refractivity contribution in [1.29, 1.82) is 0 Å². The van der Waals surface area contributed by atoms with E-state index in [1.54, 1.807) is 0 Å². The molecule has 4 rings (SSSR count). The molecule has 1 saturated heterocycles. The monoisotopic (exact) mass is 483 g/mol. The SMILES string of the molecule is COc1c(F)cc(/C=C2\SC(=O)NC2=O)c(F)c1-c1cc2c(cc1C)C(C)(C)CC=C2C(C)C. The number of carbonyl (C=O) groups excluding carboxylic acids is 2. The topological polar surface area (TPSA) is 55.4 Å². The van der Waals surface area contributed by atoms with E-state index in [-0.39, 0.29) is 33.1 Å². The average Bonchev–Trinajstić information content (AvgIpc) is 3.06. The predicted octanol–water partition coefficient (Wildman–Crippen LogP) is 6.99. The van der Waals surface area contributed by atoms with E-state index in [2.05, 4.69) is 45.2 Å². The van der Waals surface area contributed by atoms with Crippen LogP contribution >= 0.6 is 11.8 Å². The first-order chi connectivity index (χ1) is 15.9. The zero-order valence-corrected chi connectivity index (χ0v) is 20.9. The molecule has 1 aliphatic carbocycles. The second-order valence-electron chi connectivity index (χ2n) is 9.64. The molecule has 0 spiro atoms. The molecule has 0 atom stereocenters. The third kappa shape index (κ3) is 4.06. The van der Waals surface area contributed by atoms with E-state index in [0.717, 1.165) is 23.6 Å². The van der Waals surface area contributed by atoms with Gasteiger partial charge in [0.15, 0.2) is 11.6 Å². The van der Waals surface area contributed by atoms with Gasteiger partial charge in [-0.3, -0.25) is 14.9 Å². The minimum absolute atomic E-state index is 0.00383. The van der Waals surface area contributed by atoms with E-state index < -0.39 is 22.8 Å². The minimum atomic E-state index is -0.752. The number of carbonyl (C=O) groups is 2. The summed E-state index contributed by atoms with van der Waals surface area (Å²) in [5.74, 6) is -2.04. The van der Waals surface area contributed by atoms with Gasteiger partial charge in [0.2, 0.25) is 0 Å². The van der Waals surface area contributed by atoms with Crippen molar-refractivity contribution in [1.82, 2.24) is 5.32 Å². The highest BCUT2D eigenvalue weighted by molar-refractivity contribution is 8.18. The number of aryl methyl sites for hydroxylation is 1. The lowest BCUT2D eigenvalue weighted by Crippen LogP contribution is -2.23. The molecule has 2 aromatic carbocycles. The summed E-state index contributed by atoms with van der Waals surface area (Å²) in [6, 6.07) is 4.97. The van der Waals surface area contributed by atoms with Gasteiger partial charge in [-0.2, -0.15) is 0 Å². The molecule has 34 heavy (non-hydrogen) atoms. The highest BCUT2D eigenvalue weighted by Gasteiger charge is 2.32. The molecule has 178 valence electrons. The van der Waals surface area contributed by atoms with E-state index >= 15 is 8.78 Å². The Morgan fingerprint density at radius 1 is 1.15 bits per heavy atom. The van der Waals surface area contributed by atoms with Gasteiger partial charge in [-0.15, -0.1) is 0 Å². The number of allylic oxidation sites excluding steroid dienone is 2. The first kappa shape index (κ1) is 24.2. The van der Waals surface area contributed by atoms with Crippen LogP contribution in [0.1, 0.15) is 56.4 Å². The van der Waals surface area contributed by atoms with Gasteiger partial charge in [-0.05, 0) is 82.5 Å². The molecule has 0 aromatic heterocycles. The lowest BCUT2D eigenvalue weighted by atomic mass is 9.70. The van der Waals surface area contributed by atoms with Crippen LogP contribution in [0, 0.1) is 24.5 Å². The Balaban J connectivity index is 1.98. The number of amides is 2. The predicted molar refractivity (Wildman–Crippen MR) is 133 cm³/mol. The molecule has 0 saturated carbocycles. The maximum atomic E-state index is 16.0. The van der Waals surface area contributed by atoms with Crippen molar-refractivity contribution >= 4 is 34.6 Å². The van der Waals surface area contributed by atoms with Crippen molar-refractivity contribution in [2.75, 3.05) is 7.11 Å². The van der Waals surface area contributed by atoms with Crippen molar-refractivity contribution in [2.24, 2.45) is 5.92 Å². The molecule has 1 heterocycles. The van der Waals surface area contributed by atoms with Crippen molar-refractivity contribution < 1.29 is 23.1 Å². The number of nitrogens with one attached hydrogen (secondary N) is 1. The summed E-state index contributed by atoms with van der Waals surface area (Å²) in [5, 5.41) is 1.58. The highest BCUT2D eigenvalue weighted by Crippen LogP contribution is 2.46. The Bertz CT molecular complexity index is 1290. The zero-order chi connectivity index (χ0) is 24.9. The Morgan fingerprint density at radius 3 is 2.44 bits per heavy atom. The second kappa shape index (κ2) is 8.69. The van der Waals surface area contributed by atoms with E-state index in [0.29, 0.717) is 17.3 Å². The number of thioether (sulfide) groups is 1. The first-order valence-electron chi connectivity index (χ1n) is 11.1. The van der Waals surface area contributed by atoms with Crippen LogP contribution in [0.4, 0.5) is 13.6 Å². The van der Waals surface area contributed by atoms with E-state index in [4.69, 9.17) is 4.74 Å². The van der Waals surface area contributed by atoms with Gasteiger partial charge in [0.1, 0.15) is 5.82 Å². The number of fused-ring (bicyclic) bond motifs is 1. The molecular formula is C27H27F2NO3S. The van der Waals surface area contributed by atoms with Gasteiger partial charge in [-0.1, -0.05) is 39.8 Å². The third-order valence-corrected chi connectivity index (χ3v) is 7.27. The maximum Gasteiger partial charge on any atom is 0.290 e. The van der Waals surface area contributed by atoms with Crippen LogP contribution in [0.25, 0.3) is 22.8 Å². The number of ether oxygens (including phenoxy) is 1. The molecule has 4 nitrogen and oxygen atoms in total. The Hall–Kier alpha value is -2.93. The van der Waals surface area contributed by atoms with Gasteiger partial charge in [0, 0.05) is 5.56 Å². The molecule has 2 amide bonds. The molecule has 0 unspecified atom stereocenters. The van der Waals surface area contributed by atoms with Gasteiger partial charge in [0.25, 0.3) is 11.1 Å². The number of rotatable bonds is 4. The Kier molecular flexibility index (Phi) is 6.19. The molecule has 0 bridgehead atoms. The number of benzene rings is 2. The van der Waals surface area contributed by atoms with Crippen molar-refractivity contribution in [3.63, 3.8) is 0 Å². The Morgan fingerprint density at radius 2 is 1.85 bits per heavy atom. The molecule has 0 radical (unpaired) electrons. The van der Waals surface area contributed by atoms with Crippen LogP contribution in [0.15, 0.2) is 29.2 Å². The summed E-state index contributed by atoms with van der Waals surface area (Å²) in [6.45, 7) is 10.5. The summed E-state index contributed by atoms with van der Waals surface area (Å²) in [7, 11) is 1.30. The number of halogens is 2. The van der Waals surface area contributed by atoms with Gasteiger partial charge in [0.05, 0.1) is 17.6 Å². The fourth-order valence-electron chi connectivity index (χ4n) is 4.64. The van der Waals surface area contributed by atoms with Crippen molar-refractivity contribution in [3.8, 4) is 16.9 Å². The summed E-state index contributed by atoms with van der Waals surface area (Å²) >= 11 is 0.653. The standard InChI is InChI=1S/C27H27F2NO3S/c1-13(2)16-7-8-27(4,5)19-9-14(3)17(12-18(16)19)22-23(29)15(10-20(28)24(22)33-6)11-21-25(31)30-26(32)34-21/h7,9-13H,8H2,1-6H3,(H,30,31,32)/b21-11-. The summed E-state index contributed by atoms with van der Waals surface area (Å²) in [6.07, 6.45) is 4.33. The first-order valence-corrected chi connectivity index (χ1v) is 11.9. The molecule has 2 aliphatic rings. The fraction of sp³-hybridized carbons (Fsp3) is 0.333. The zero-order valence-electron chi connectivity index (χ0n) is 20.1. The van der Waals surface area contributed by atoms with Crippen LogP contribution in [-0.4, -0.2) is 18.3 Å². The van der Waals surface area contributed by atoms with Gasteiger partial charge in [-0.25, -0.2) is 8.78 Å². The van der Waals surface area contributed by atoms with Crippen LogP contribution in [-0.2, 0) is 10.2 Å². The smallest absolute Gasteiger partial charge is 0.290 e. The number of imide groups is 1. The molecule has 1 aliphatic heterocycles. The van der Waals surface area contributed by atoms with Crippen LogP contribution < -0.4 is 10.1 Å².